The van der Waals surface area contributed by atoms with Crippen molar-refractivity contribution in [3.8, 4) is 0 Å². The zero-order valence-corrected chi connectivity index (χ0v) is 16.3. The van der Waals surface area contributed by atoms with Gasteiger partial charge in [-0.3, -0.25) is 4.52 Å². The van der Waals surface area contributed by atoms with E-state index in [9.17, 15) is 18.6 Å². The van der Waals surface area contributed by atoms with Crippen LogP contribution in [0.2, 0.25) is 0 Å². The maximum absolute atomic E-state index is 11.7. The third-order valence-electron chi connectivity index (χ3n) is 3.40. The molecule has 1 aromatic rings. The first-order valence-corrected chi connectivity index (χ1v) is 11.9. The van der Waals surface area contributed by atoms with Crippen molar-refractivity contribution in [2.45, 2.75) is 32.0 Å². The predicted molar refractivity (Wildman–Crippen MR) is 87.8 cm³/mol. The molecule has 4 atom stereocenters. The molecule has 0 aliphatic carbocycles. The van der Waals surface area contributed by atoms with Gasteiger partial charge in [-0.05, 0) is 25.3 Å². The van der Waals surface area contributed by atoms with E-state index in [1.165, 1.54) is 0 Å². The standard InChI is InChI=1S/C12H19O11P3/c1-9-2-4-10(5-3-9)12-7-6-11(21-12)8-20-25(16,17)23-26(18,19)22-24(13,14)15/h2-5,11-12H,6-8H2,1H3,(H,16,17)(H,18,19)(H2,13,14,15)/t11-,12+/m0/s1. The number of phosphoric ester groups is 1. The van der Waals surface area contributed by atoms with Crippen LogP contribution in [0.4, 0.5) is 0 Å². The van der Waals surface area contributed by atoms with Crippen molar-refractivity contribution in [3.63, 3.8) is 0 Å². The Kier molecular flexibility index (Phi) is 6.99. The summed E-state index contributed by atoms with van der Waals surface area (Å²) in [5.74, 6) is 0. The zero-order chi connectivity index (χ0) is 19.6. The molecular formula is C12H19O11P3. The summed E-state index contributed by atoms with van der Waals surface area (Å²) in [6.07, 6.45) is 0.373. The first kappa shape index (κ1) is 21.9. The van der Waals surface area contributed by atoms with Crippen molar-refractivity contribution in [1.82, 2.24) is 0 Å². The van der Waals surface area contributed by atoms with Gasteiger partial charge in [0.2, 0.25) is 0 Å². The molecule has 4 N–H and O–H groups in total. The number of hydrogen-bond donors (Lipinski definition) is 4. The Morgan fingerprint density at radius 1 is 1.00 bits per heavy atom. The van der Waals surface area contributed by atoms with Gasteiger partial charge in [0, 0.05) is 0 Å². The van der Waals surface area contributed by atoms with Gasteiger partial charge in [0.15, 0.2) is 0 Å². The summed E-state index contributed by atoms with van der Waals surface area (Å²) in [7, 11) is -16.0. The highest BCUT2D eigenvalue weighted by atomic mass is 31.3. The minimum absolute atomic E-state index is 0.217. The maximum Gasteiger partial charge on any atom is 0.490 e. The Morgan fingerprint density at radius 3 is 2.19 bits per heavy atom. The Balaban J connectivity index is 1.86. The van der Waals surface area contributed by atoms with E-state index in [0.29, 0.717) is 12.8 Å². The van der Waals surface area contributed by atoms with E-state index in [2.05, 4.69) is 13.1 Å². The molecule has 0 radical (unpaired) electrons. The summed E-state index contributed by atoms with van der Waals surface area (Å²) in [5, 5.41) is 0. The fraction of sp³-hybridized carbons (Fsp3) is 0.500. The predicted octanol–water partition coefficient (Wildman–Crippen LogP) is 2.56. The molecule has 0 bridgehead atoms. The Labute approximate surface area is 149 Å². The van der Waals surface area contributed by atoms with Crippen molar-refractivity contribution < 1.29 is 51.2 Å². The first-order chi connectivity index (χ1) is 11.9. The van der Waals surface area contributed by atoms with E-state index in [-0.39, 0.29) is 6.10 Å². The number of aryl methyl sites for hydroxylation is 1. The average Bonchev–Trinajstić information content (AvgIpc) is 2.91. The normalized spacial score (nSPS) is 25.6. The molecule has 2 rings (SSSR count). The van der Waals surface area contributed by atoms with Crippen LogP contribution in [0, 0.1) is 6.92 Å². The van der Waals surface area contributed by atoms with Crippen LogP contribution in [0.25, 0.3) is 0 Å². The van der Waals surface area contributed by atoms with E-state index in [4.69, 9.17) is 19.4 Å². The third kappa shape index (κ3) is 7.31. The molecule has 1 aromatic carbocycles. The zero-order valence-electron chi connectivity index (χ0n) is 13.6. The lowest BCUT2D eigenvalue weighted by Crippen LogP contribution is -2.14. The fourth-order valence-corrected chi connectivity index (χ4v) is 5.38. The van der Waals surface area contributed by atoms with E-state index in [1.54, 1.807) is 0 Å². The van der Waals surface area contributed by atoms with E-state index in [1.807, 2.05) is 31.2 Å². The van der Waals surface area contributed by atoms with Crippen molar-refractivity contribution in [2.75, 3.05) is 6.61 Å². The summed E-state index contributed by atoms with van der Waals surface area (Å²) >= 11 is 0. The van der Waals surface area contributed by atoms with E-state index >= 15 is 0 Å². The lowest BCUT2D eigenvalue weighted by molar-refractivity contribution is 0.0101. The third-order valence-corrected chi connectivity index (χ3v) is 7.20. The van der Waals surface area contributed by atoms with Gasteiger partial charge < -0.3 is 24.3 Å². The van der Waals surface area contributed by atoms with Crippen LogP contribution in [0.1, 0.15) is 30.1 Å². The molecule has 1 aliphatic rings. The van der Waals surface area contributed by atoms with Crippen LogP contribution in [-0.2, 0) is 31.6 Å². The number of hydrogen-bond acceptors (Lipinski definition) is 7. The second-order valence-electron chi connectivity index (χ2n) is 5.62. The van der Waals surface area contributed by atoms with Crippen LogP contribution in [0.5, 0.6) is 0 Å². The highest BCUT2D eigenvalue weighted by Crippen LogP contribution is 2.66. The van der Waals surface area contributed by atoms with Gasteiger partial charge >= 0.3 is 23.5 Å². The summed E-state index contributed by atoms with van der Waals surface area (Å²) in [5.41, 5.74) is 2.03. The highest BCUT2D eigenvalue weighted by molar-refractivity contribution is 7.66. The highest BCUT2D eigenvalue weighted by Gasteiger charge is 2.41. The van der Waals surface area contributed by atoms with Crippen LogP contribution < -0.4 is 0 Å². The molecule has 0 saturated carbocycles. The summed E-state index contributed by atoms with van der Waals surface area (Å²) in [6.45, 7) is 1.52. The van der Waals surface area contributed by atoms with Gasteiger partial charge in [-0.15, -0.1) is 0 Å². The molecule has 1 fully saturated rings. The molecule has 26 heavy (non-hydrogen) atoms. The SMILES string of the molecule is Cc1ccc([C@H]2CC[C@@H](COP(=O)(O)OP(=O)(O)OP(=O)(O)O)O2)cc1. The molecule has 1 heterocycles. The van der Waals surface area contributed by atoms with Crippen molar-refractivity contribution in [2.24, 2.45) is 0 Å². The Bertz CT molecular complexity index is 758. The van der Waals surface area contributed by atoms with Gasteiger partial charge in [0.1, 0.15) is 0 Å². The van der Waals surface area contributed by atoms with Crippen LogP contribution >= 0.6 is 23.5 Å². The summed E-state index contributed by atoms with van der Waals surface area (Å²) < 4.78 is 51.0. The number of ether oxygens (including phenoxy) is 1. The quantitative estimate of drug-likeness (QED) is 0.445. The minimum Gasteiger partial charge on any atom is -0.368 e. The molecule has 0 spiro atoms. The van der Waals surface area contributed by atoms with Gasteiger partial charge in [-0.1, -0.05) is 29.8 Å². The van der Waals surface area contributed by atoms with Crippen LogP contribution in [-0.4, -0.2) is 32.3 Å². The fourth-order valence-electron chi connectivity index (χ4n) is 2.34. The Hall–Kier alpha value is -0.410. The van der Waals surface area contributed by atoms with E-state index < -0.39 is 36.2 Å². The molecule has 1 saturated heterocycles. The molecule has 148 valence electrons. The van der Waals surface area contributed by atoms with E-state index in [0.717, 1.165) is 11.1 Å². The van der Waals surface area contributed by atoms with Crippen molar-refractivity contribution in [3.05, 3.63) is 35.4 Å². The maximum atomic E-state index is 11.7. The van der Waals surface area contributed by atoms with Crippen LogP contribution in [0.3, 0.4) is 0 Å². The van der Waals surface area contributed by atoms with Gasteiger partial charge in [-0.25, -0.2) is 13.7 Å². The molecule has 0 amide bonds. The lowest BCUT2D eigenvalue weighted by Gasteiger charge is -2.18. The number of phosphoric acid groups is 3. The molecule has 11 nitrogen and oxygen atoms in total. The second-order valence-corrected chi connectivity index (χ2v) is 10.0. The summed E-state index contributed by atoms with van der Waals surface area (Å²) in [4.78, 5) is 35.4. The number of benzene rings is 1. The van der Waals surface area contributed by atoms with Gasteiger partial charge in [-0.2, -0.15) is 8.62 Å². The second kappa shape index (κ2) is 8.31. The van der Waals surface area contributed by atoms with Crippen molar-refractivity contribution >= 4 is 23.5 Å². The molecule has 14 heteroatoms. The lowest BCUT2D eigenvalue weighted by atomic mass is 10.0. The van der Waals surface area contributed by atoms with Gasteiger partial charge in [0.05, 0.1) is 18.8 Å². The molecule has 2 unspecified atom stereocenters. The smallest absolute Gasteiger partial charge is 0.368 e. The van der Waals surface area contributed by atoms with Gasteiger partial charge in [0.25, 0.3) is 0 Å². The largest absolute Gasteiger partial charge is 0.490 e. The Morgan fingerprint density at radius 2 is 1.62 bits per heavy atom. The average molecular weight is 432 g/mol. The molecule has 0 aromatic heterocycles. The van der Waals surface area contributed by atoms with Crippen LogP contribution in [0.15, 0.2) is 24.3 Å². The molecule has 1 aliphatic heterocycles. The van der Waals surface area contributed by atoms with Crippen molar-refractivity contribution in [1.29, 1.82) is 0 Å². The number of rotatable bonds is 8. The monoisotopic (exact) mass is 432 g/mol. The first-order valence-electron chi connectivity index (χ1n) is 7.36. The summed E-state index contributed by atoms with van der Waals surface area (Å²) in [6, 6.07) is 7.67. The molecular weight excluding hydrogens is 413 g/mol. The topological polar surface area (TPSA) is 169 Å². The minimum atomic E-state index is -5.50.